The first-order chi connectivity index (χ1) is 10.4. The Morgan fingerprint density at radius 2 is 1.77 bits per heavy atom. The molecule has 2 rings (SSSR count). The first-order valence-corrected chi connectivity index (χ1v) is 7.05. The first kappa shape index (κ1) is 15.7. The largest absolute Gasteiger partial charge is 0.321 e. The zero-order chi connectivity index (χ0) is 16.3. The molecule has 0 aliphatic carbocycles. The summed E-state index contributed by atoms with van der Waals surface area (Å²) in [5.41, 5.74) is 3.22. The minimum Gasteiger partial charge on any atom is -0.321 e. The Morgan fingerprint density at radius 3 is 2.32 bits per heavy atom. The number of nitro benzene ring substituents is 1. The van der Waals surface area contributed by atoms with Crippen molar-refractivity contribution in [2.45, 2.75) is 26.7 Å². The number of aryl methyl sites for hydroxylation is 1. The van der Waals surface area contributed by atoms with Crippen LogP contribution in [0, 0.1) is 17.0 Å². The van der Waals surface area contributed by atoms with Crippen LogP contribution in [0.15, 0.2) is 42.5 Å². The lowest BCUT2D eigenvalue weighted by molar-refractivity contribution is -0.384. The molecular weight excluding hydrogens is 280 g/mol. The van der Waals surface area contributed by atoms with Crippen molar-refractivity contribution in [3.8, 4) is 0 Å². The molecule has 0 aliphatic rings. The standard InChI is InChI=1S/C17H18N2O3/c1-11(2)15-6-4-5-12(3)16(15)18-17(20)13-7-9-14(10-8-13)19(21)22/h4-11H,1-3H3,(H,18,20). The number of carbonyl (C=O) groups is 1. The van der Waals surface area contributed by atoms with Crippen LogP contribution in [0.3, 0.4) is 0 Å². The van der Waals surface area contributed by atoms with Crippen molar-refractivity contribution in [2.75, 3.05) is 5.32 Å². The smallest absolute Gasteiger partial charge is 0.269 e. The first-order valence-electron chi connectivity index (χ1n) is 7.05. The minimum atomic E-state index is -0.486. The third-order valence-electron chi connectivity index (χ3n) is 3.51. The van der Waals surface area contributed by atoms with E-state index in [0.717, 1.165) is 16.8 Å². The number of amides is 1. The van der Waals surface area contributed by atoms with E-state index in [-0.39, 0.29) is 17.5 Å². The van der Waals surface area contributed by atoms with E-state index in [1.54, 1.807) is 0 Å². The Bertz CT molecular complexity index is 706. The van der Waals surface area contributed by atoms with Gasteiger partial charge in [0.25, 0.3) is 11.6 Å². The summed E-state index contributed by atoms with van der Waals surface area (Å²) < 4.78 is 0. The number of carbonyl (C=O) groups excluding carboxylic acids is 1. The van der Waals surface area contributed by atoms with Crippen LogP contribution in [-0.4, -0.2) is 10.8 Å². The number of rotatable bonds is 4. The number of nitro groups is 1. The molecule has 1 N–H and O–H groups in total. The number of anilines is 1. The number of para-hydroxylation sites is 1. The van der Waals surface area contributed by atoms with Gasteiger partial charge in [0.15, 0.2) is 0 Å². The van der Waals surface area contributed by atoms with Crippen molar-refractivity contribution in [3.05, 3.63) is 69.3 Å². The molecule has 5 heteroatoms. The van der Waals surface area contributed by atoms with Gasteiger partial charge >= 0.3 is 0 Å². The van der Waals surface area contributed by atoms with Crippen molar-refractivity contribution in [1.29, 1.82) is 0 Å². The van der Waals surface area contributed by atoms with Crippen molar-refractivity contribution in [3.63, 3.8) is 0 Å². The van der Waals surface area contributed by atoms with Gasteiger partial charge in [-0.3, -0.25) is 14.9 Å². The zero-order valence-electron chi connectivity index (χ0n) is 12.8. The monoisotopic (exact) mass is 298 g/mol. The van der Waals surface area contributed by atoms with Gasteiger partial charge in [-0.25, -0.2) is 0 Å². The van der Waals surface area contributed by atoms with E-state index >= 15 is 0 Å². The van der Waals surface area contributed by atoms with Crippen molar-refractivity contribution in [2.24, 2.45) is 0 Å². The van der Waals surface area contributed by atoms with E-state index in [4.69, 9.17) is 0 Å². The SMILES string of the molecule is Cc1cccc(C(C)C)c1NC(=O)c1ccc([N+](=O)[O-])cc1. The number of nitrogens with one attached hydrogen (secondary N) is 1. The van der Waals surface area contributed by atoms with Crippen molar-refractivity contribution in [1.82, 2.24) is 0 Å². The highest BCUT2D eigenvalue weighted by Gasteiger charge is 2.14. The number of nitrogens with zero attached hydrogens (tertiary/aromatic N) is 1. The molecule has 114 valence electrons. The predicted molar refractivity (Wildman–Crippen MR) is 86.3 cm³/mol. The molecule has 0 unspecified atom stereocenters. The van der Waals surface area contributed by atoms with Crippen LogP contribution in [0.1, 0.15) is 41.3 Å². The number of non-ortho nitro benzene ring substituents is 1. The van der Waals surface area contributed by atoms with Gasteiger partial charge in [0.1, 0.15) is 0 Å². The normalized spacial score (nSPS) is 10.5. The second-order valence-corrected chi connectivity index (χ2v) is 5.45. The highest BCUT2D eigenvalue weighted by atomic mass is 16.6. The fraction of sp³-hybridized carbons (Fsp3) is 0.235. The molecule has 0 aromatic heterocycles. The van der Waals surface area contributed by atoms with E-state index in [2.05, 4.69) is 19.2 Å². The molecule has 0 atom stereocenters. The Morgan fingerprint density at radius 1 is 1.14 bits per heavy atom. The third kappa shape index (κ3) is 3.31. The molecule has 0 radical (unpaired) electrons. The molecule has 0 saturated heterocycles. The lowest BCUT2D eigenvalue weighted by Crippen LogP contribution is -2.14. The Labute approximate surface area is 129 Å². The highest BCUT2D eigenvalue weighted by Crippen LogP contribution is 2.28. The van der Waals surface area contributed by atoms with Crippen LogP contribution in [0.25, 0.3) is 0 Å². The van der Waals surface area contributed by atoms with Gasteiger partial charge in [-0.05, 0) is 36.1 Å². The quantitative estimate of drug-likeness (QED) is 0.676. The number of hydrogen-bond acceptors (Lipinski definition) is 3. The molecule has 0 aliphatic heterocycles. The average Bonchev–Trinajstić information content (AvgIpc) is 2.49. The fourth-order valence-corrected chi connectivity index (χ4v) is 2.26. The van der Waals surface area contributed by atoms with Crippen LogP contribution in [0.4, 0.5) is 11.4 Å². The number of benzene rings is 2. The topological polar surface area (TPSA) is 72.2 Å². The van der Waals surface area contributed by atoms with Crippen LogP contribution >= 0.6 is 0 Å². The highest BCUT2D eigenvalue weighted by molar-refractivity contribution is 6.05. The molecule has 0 spiro atoms. The maximum Gasteiger partial charge on any atom is 0.269 e. The second-order valence-electron chi connectivity index (χ2n) is 5.45. The van der Waals surface area contributed by atoms with Crippen molar-refractivity contribution >= 4 is 17.3 Å². The van der Waals surface area contributed by atoms with Gasteiger partial charge in [-0.2, -0.15) is 0 Å². The van der Waals surface area contributed by atoms with E-state index in [1.807, 2.05) is 25.1 Å². The summed E-state index contributed by atoms with van der Waals surface area (Å²) in [6.07, 6.45) is 0. The van der Waals surface area contributed by atoms with E-state index < -0.39 is 4.92 Å². The van der Waals surface area contributed by atoms with Crippen LogP contribution in [-0.2, 0) is 0 Å². The van der Waals surface area contributed by atoms with Crippen LogP contribution in [0.2, 0.25) is 0 Å². The molecule has 0 fully saturated rings. The summed E-state index contributed by atoms with van der Waals surface area (Å²) in [5, 5.41) is 13.6. The summed E-state index contributed by atoms with van der Waals surface area (Å²) in [7, 11) is 0. The summed E-state index contributed by atoms with van der Waals surface area (Å²) in [4.78, 5) is 22.5. The van der Waals surface area contributed by atoms with Gasteiger partial charge in [0.05, 0.1) is 4.92 Å². The maximum atomic E-state index is 12.3. The molecule has 22 heavy (non-hydrogen) atoms. The lowest BCUT2D eigenvalue weighted by atomic mass is 9.98. The van der Waals surface area contributed by atoms with Crippen LogP contribution in [0.5, 0.6) is 0 Å². The molecule has 2 aromatic rings. The zero-order valence-corrected chi connectivity index (χ0v) is 12.8. The van der Waals surface area contributed by atoms with Crippen molar-refractivity contribution < 1.29 is 9.72 Å². The van der Waals surface area contributed by atoms with E-state index in [0.29, 0.717) is 5.56 Å². The average molecular weight is 298 g/mol. The minimum absolute atomic E-state index is 0.0321. The Kier molecular flexibility index (Phi) is 4.56. The predicted octanol–water partition coefficient (Wildman–Crippen LogP) is 4.28. The van der Waals surface area contributed by atoms with Gasteiger partial charge in [-0.15, -0.1) is 0 Å². The number of hydrogen-bond donors (Lipinski definition) is 1. The maximum absolute atomic E-state index is 12.3. The molecule has 2 aromatic carbocycles. The molecule has 5 nitrogen and oxygen atoms in total. The fourth-order valence-electron chi connectivity index (χ4n) is 2.26. The van der Waals surface area contributed by atoms with Gasteiger partial charge in [-0.1, -0.05) is 32.0 Å². The van der Waals surface area contributed by atoms with Gasteiger partial charge in [0, 0.05) is 23.4 Å². The molecule has 1 amide bonds. The lowest BCUT2D eigenvalue weighted by Gasteiger charge is -2.16. The van der Waals surface area contributed by atoms with Crippen LogP contribution < -0.4 is 5.32 Å². The summed E-state index contributed by atoms with van der Waals surface area (Å²) >= 11 is 0. The summed E-state index contributed by atoms with van der Waals surface area (Å²) in [5.74, 6) is 0.0122. The molecule has 0 saturated carbocycles. The molecular formula is C17H18N2O3. The van der Waals surface area contributed by atoms with Gasteiger partial charge < -0.3 is 5.32 Å². The van der Waals surface area contributed by atoms with E-state index in [9.17, 15) is 14.9 Å². The molecule has 0 bridgehead atoms. The summed E-state index contributed by atoms with van der Waals surface area (Å²) in [6, 6.07) is 11.5. The third-order valence-corrected chi connectivity index (χ3v) is 3.51. The summed E-state index contributed by atoms with van der Waals surface area (Å²) in [6.45, 7) is 6.07. The van der Waals surface area contributed by atoms with Gasteiger partial charge in [0.2, 0.25) is 0 Å². The second kappa shape index (κ2) is 6.39. The Hall–Kier alpha value is -2.69. The Balaban J connectivity index is 2.27. The van der Waals surface area contributed by atoms with E-state index in [1.165, 1.54) is 24.3 Å². The molecule has 0 heterocycles.